The number of piperidine rings is 1. The molecule has 4 heteroatoms. The molecule has 19 heavy (non-hydrogen) atoms. The highest BCUT2D eigenvalue weighted by atomic mass is 16.3. The Morgan fingerprint density at radius 1 is 1.47 bits per heavy atom. The number of aryl methyl sites for hydroxylation is 1. The van der Waals surface area contributed by atoms with Gasteiger partial charge in [-0.15, -0.1) is 0 Å². The van der Waals surface area contributed by atoms with Crippen molar-refractivity contribution in [3.05, 3.63) is 29.3 Å². The Hall–Kier alpha value is -1.55. The zero-order chi connectivity index (χ0) is 13.8. The zero-order valence-corrected chi connectivity index (χ0v) is 11.3. The molecule has 104 valence electrons. The van der Waals surface area contributed by atoms with Crippen LogP contribution in [-0.4, -0.2) is 40.7 Å². The second-order valence-electron chi connectivity index (χ2n) is 5.24. The molecule has 2 N–H and O–H groups in total. The van der Waals surface area contributed by atoms with Gasteiger partial charge in [0, 0.05) is 19.7 Å². The highest BCUT2D eigenvalue weighted by Gasteiger charge is 2.25. The van der Waals surface area contributed by atoms with Crippen molar-refractivity contribution >= 4 is 5.91 Å². The van der Waals surface area contributed by atoms with Gasteiger partial charge >= 0.3 is 0 Å². The Kier molecular flexibility index (Phi) is 4.43. The van der Waals surface area contributed by atoms with E-state index in [1.807, 2.05) is 0 Å². The minimum atomic E-state index is -0.108. The number of aliphatic hydroxyl groups is 1. The summed E-state index contributed by atoms with van der Waals surface area (Å²) in [6, 6.07) is 5.24. The normalized spacial score (nSPS) is 19.5. The molecule has 1 aromatic carbocycles. The molecule has 1 unspecified atom stereocenters. The molecule has 1 amide bonds. The second kappa shape index (κ2) is 6.06. The zero-order valence-electron chi connectivity index (χ0n) is 11.3. The average Bonchev–Trinajstić information content (AvgIpc) is 2.42. The summed E-state index contributed by atoms with van der Waals surface area (Å²) in [5, 5.41) is 19.0. The summed E-state index contributed by atoms with van der Waals surface area (Å²) in [7, 11) is 0. The smallest absolute Gasteiger partial charge is 0.257 e. The van der Waals surface area contributed by atoms with Gasteiger partial charge in [-0.25, -0.2) is 0 Å². The maximum absolute atomic E-state index is 12.4. The fraction of sp³-hybridized carbons (Fsp3) is 0.533. The Morgan fingerprint density at radius 2 is 2.26 bits per heavy atom. The molecule has 0 bridgehead atoms. The molecule has 1 fully saturated rings. The Morgan fingerprint density at radius 3 is 3.00 bits per heavy atom. The lowest BCUT2D eigenvalue weighted by atomic mass is 9.94. The van der Waals surface area contributed by atoms with Gasteiger partial charge in [-0.05, 0) is 43.7 Å². The van der Waals surface area contributed by atoms with E-state index in [1.54, 1.807) is 30.0 Å². The van der Waals surface area contributed by atoms with Crippen LogP contribution < -0.4 is 0 Å². The van der Waals surface area contributed by atoms with E-state index >= 15 is 0 Å². The van der Waals surface area contributed by atoms with Gasteiger partial charge < -0.3 is 15.1 Å². The second-order valence-corrected chi connectivity index (χ2v) is 5.24. The summed E-state index contributed by atoms with van der Waals surface area (Å²) < 4.78 is 0. The summed E-state index contributed by atoms with van der Waals surface area (Å²) >= 11 is 0. The maximum Gasteiger partial charge on any atom is 0.257 e. The molecule has 1 saturated heterocycles. The number of phenols is 1. The first kappa shape index (κ1) is 13.9. The largest absolute Gasteiger partial charge is 0.507 e. The van der Waals surface area contributed by atoms with Crippen molar-refractivity contribution in [3.63, 3.8) is 0 Å². The van der Waals surface area contributed by atoms with Gasteiger partial charge in [0.1, 0.15) is 5.75 Å². The summed E-state index contributed by atoms with van der Waals surface area (Å²) in [4.78, 5) is 14.2. The van der Waals surface area contributed by atoms with Crippen molar-refractivity contribution in [1.29, 1.82) is 0 Å². The molecule has 0 spiro atoms. The topological polar surface area (TPSA) is 60.8 Å². The van der Waals surface area contributed by atoms with Gasteiger partial charge in [0.2, 0.25) is 0 Å². The van der Waals surface area contributed by atoms with E-state index < -0.39 is 0 Å². The molecular weight excluding hydrogens is 242 g/mol. The first-order valence-corrected chi connectivity index (χ1v) is 6.82. The molecule has 1 heterocycles. The predicted molar refractivity (Wildman–Crippen MR) is 73.2 cm³/mol. The quantitative estimate of drug-likeness (QED) is 0.876. The number of nitrogens with zero attached hydrogens (tertiary/aromatic N) is 1. The van der Waals surface area contributed by atoms with Crippen LogP contribution in [0, 0.1) is 12.8 Å². The highest BCUT2D eigenvalue weighted by Crippen LogP contribution is 2.26. The number of phenolic OH excluding ortho intramolecular Hbond substituents is 1. The minimum absolute atomic E-state index is 0.0804. The van der Waals surface area contributed by atoms with Crippen molar-refractivity contribution < 1.29 is 15.0 Å². The number of benzene rings is 1. The Bertz CT molecular complexity index is 457. The molecule has 0 radical (unpaired) electrons. The fourth-order valence-corrected chi connectivity index (χ4v) is 2.67. The van der Waals surface area contributed by atoms with Gasteiger partial charge in [0.05, 0.1) is 5.56 Å². The number of likely N-dealkylation sites (tertiary alicyclic amines) is 1. The SMILES string of the molecule is Cc1cccc(C(=O)N2CCCC(CCO)C2)c1O. The molecule has 0 aromatic heterocycles. The van der Waals surface area contributed by atoms with Crippen LogP contribution in [-0.2, 0) is 0 Å². The Balaban J connectivity index is 2.12. The molecular formula is C15H21NO3. The minimum Gasteiger partial charge on any atom is -0.507 e. The first-order valence-electron chi connectivity index (χ1n) is 6.82. The van der Waals surface area contributed by atoms with Crippen molar-refractivity contribution in [3.8, 4) is 5.75 Å². The van der Waals surface area contributed by atoms with Gasteiger partial charge in [0.15, 0.2) is 0 Å². The van der Waals surface area contributed by atoms with Crippen molar-refractivity contribution in [2.24, 2.45) is 5.92 Å². The molecule has 4 nitrogen and oxygen atoms in total. The Labute approximate surface area is 113 Å². The number of rotatable bonds is 3. The monoisotopic (exact) mass is 263 g/mol. The number of carbonyl (C=O) groups is 1. The van der Waals surface area contributed by atoms with Gasteiger partial charge in [-0.3, -0.25) is 4.79 Å². The van der Waals surface area contributed by atoms with E-state index in [1.165, 1.54) is 0 Å². The standard InChI is InChI=1S/C15H21NO3/c1-11-4-2-6-13(14(11)18)15(19)16-8-3-5-12(10-16)7-9-17/h2,4,6,12,17-18H,3,5,7-10H2,1H3. The van der Waals surface area contributed by atoms with Crippen LogP contribution in [0.2, 0.25) is 0 Å². The summed E-state index contributed by atoms with van der Waals surface area (Å²) in [6.45, 7) is 3.36. The average molecular weight is 263 g/mol. The van der Waals surface area contributed by atoms with Crippen LogP contribution in [0.3, 0.4) is 0 Å². The van der Waals surface area contributed by atoms with Gasteiger partial charge in [0.25, 0.3) is 5.91 Å². The van der Waals surface area contributed by atoms with Crippen LogP contribution in [0.1, 0.15) is 35.2 Å². The lowest BCUT2D eigenvalue weighted by Crippen LogP contribution is -2.40. The van der Waals surface area contributed by atoms with E-state index in [-0.39, 0.29) is 18.3 Å². The predicted octanol–water partition coefficient (Wildman–Crippen LogP) is 1.94. The van der Waals surface area contributed by atoms with Crippen LogP contribution in [0.4, 0.5) is 0 Å². The first-order chi connectivity index (χ1) is 9.13. The van der Waals surface area contributed by atoms with Crippen LogP contribution in [0.15, 0.2) is 18.2 Å². The molecule has 1 aliphatic heterocycles. The third kappa shape index (κ3) is 3.07. The fourth-order valence-electron chi connectivity index (χ4n) is 2.67. The lowest BCUT2D eigenvalue weighted by Gasteiger charge is -2.32. The van der Waals surface area contributed by atoms with Gasteiger partial charge in [-0.1, -0.05) is 12.1 Å². The molecule has 2 rings (SSSR count). The number of aromatic hydroxyl groups is 1. The number of hydrogen-bond acceptors (Lipinski definition) is 3. The number of hydrogen-bond donors (Lipinski definition) is 2. The van der Waals surface area contributed by atoms with E-state index in [4.69, 9.17) is 5.11 Å². The van der Waals surface area contributed by atoms with Crippen molar-refractivity contribution in [2.45, 2.75) is 26.2 Å². The number of carbonyl (C=O) groups excluding carboxylic acids is 1. The number of aliphatic hydroxyl groups excluding tert-OH is 1. The molecule has 0 saturated carbocycles. The van der Waals surface area contributed by atoms with Crippen molar-refractivity contribution in [2.75, 3.05) is 19.7 Å². The highest BCUT2D eigenvalue weighted by molar-refractivity contribution is 5.97. The molecule has 1 aliphatic rings. The van der Waals surface area contributed by atoms with E-state index in [9.17, 15) is 9.90 Å². The van der Waals surface area contributed by atoms with E-state index in [0.717, 1.165) is 31.4 Å². The lowest BCUT2D eigenvalue weighted by molar-refractivity contribution is 0.0650. The number of para-hydroxylation sites is 1. The van der Waals surface area contributed by atoms with Crippen molar-refractivity contribution in [1.82, 2.24) is 4.90 Å². The molecule has 1 aromatic rings. The summed E-state index contributed by atoms with van der Waals surface area (Å²) in [5.41, 5.74) is 1.10. The van der Waals surface area contributed by atoms with Crippen LogP contribution >= 0.6 is 0 Å². The van der Waals surface area contributed by atoms with Crippen LogP contribution in [0.5, 0.6) is 5.75 Å². The third-order valence-corrected chi connectivity index (χ3v) is 3.81. The van der Waals surface area contributed by atoms with E-state index in [0.29, 0.717) is 18.0 Å². The summed E-state index contributed by atoms with van der Waals surface area (Å²) in [6.07, 6.45) is 2.76. The number of amides is 1. The third-order valence-electron chi connectivity index (χ3n) is 3.81. The van der Waals surface area contributed by atoms with Crippen LogP contribution in [0.25, 0.3) is 0 Å². The molecule has 0 aliphatic carbocycles. The summed E-state index contributed by atoms with van der Waals surface area (Å²) in [5.74, 6) is 0.343. The van der Waals surface area contributed by atoms with E-state index in [2.05, 4.69) is 0 Å². The van der Waals surface area contributed by atoms with Gasteiger partial charge in [-0.2, -0.15) is 0 Å². The molecule has 1 atom stereocenters. The maximum atomic E-state index is 12.4.